The molecule has 0 N–H and O–H groups in total. The van der Waals surface area contributed by atoms with E-state index in [-0.39, 0.29) is 10.8 Å². The van der Waals surface area contributed by atoms with Gasteiger partial charge in [0.15, 0.2) is 17.5 Å². The summed E-state index contributed by atoms with van der Waals surface area (Å²) in [4.78, 5) is 0. The standard InChI is InChI=1S/C31H23F3/c1-2-3-4-5-22-6-8-23(9-7-22)10-11-24-12-14-25(15-13-24)16-17-26-18-19-28-27(20-26)21-29(32)31(34)30(28)33/h6-9,12-15,18-21H,2-5H2,1H3. The maximum Gasteiger partial charge on any atom is 0.195 e. The van der Waals surface area contributed by atoms with Gasteiger partial charge in [0.2, 0.25) is 0 Å². The Hall–Kier alpha value is -3.95. The van der Waals surface area contributed by atoms with Gasteiger partial charge >= 0.3 is 0 Å². The molecule has 4 rings (SSSR count). The Balaban J connectivity index is 1.44. The number of benzene rings is 4. The van der Waals surface area contributed by atoms with Crippen molar-refractivity contribution in [3.63, 3.8) is 0 Å². The van der Waals surface area contributed by atoms with Crippen molar-refractivity contribution in [2.24, 2.45) is 0 Å². The van der Waals surface area contributed by atoms with Crippen LogP contribution in [0.15, 0.2) is 72.8 Å². The molecule has 0 aliphatic heterocycles. The Morgan fingerprint density at radius 3 is 1.71 bits per heavy atom. The number of aryl methyl sites for hydroxylation is 1. The molecular formula is C31H23F3. The van der Waals surface area contributed by atoms with Crippen LogP contribution in [0.4, 0.5) is 13.2 Å². The van der Waals surface area contributed by atoms with E-state index >= 15 is 0 Å². The highest BCUT2D eigenvalue weighted by Crippen LogP contribution is 2.24. The molecule has 0 unspecified atom stereocenters. The van der Waals surface area contributed by atoms with Gasteiger partial charge in [-0.2, -0.15) is 0 Å². The summed E-state index contributed by atoms with van der Waals surface area (Å²) in [5, 5.41) is 0.293. The minimum atomic E-state index is -1.46. The first kappa shape index (κ1) is 23.2. The van der Waals surface area contributed by atoms with Crippen LogP contribution in [0.2, 0.25) is 0 Å². The molecule has 0 spiro atoms. The highest BCUT2D eigenvalue weighted by molar-refractivity contribution is 5.84. The average molecular weight is 453 g/mol. The maximum absolute atomic E-state index is 13.9. The van der Waals surface area contributed by atoms with Gasteiger partial charge < -0.3 is 0 Å². The predicted octanol–water partition coefficient (Wildman–Crippen LogP) is 7.79. The number of fused-ring (bicyclic) bond motifs is 1. The fraction of sp³-hybridized carbons (Fsp3) is 0.161. The summed E-state index contributed by atoms with van der Waals surface area (Å²) < 4.78 is 40.8. The van der Waals surface area contributed by atoms with Gasteiger partial charge in [-0.05, 0) is 78.4 Å². The lowest BCUT2D eigenvalue weighted by molar-refractivity contribution is 0.453. The van der Waals surface area contributed by atoms with Crippen LogP contribution in [0.25, 0.3) is 10.8 Å². The monoisotopic (exact) mass is 452 g/mol. The van der Waals surface area contributed by atoms with Crippen molar-refractivity contribution < 1.29 is 13.2 Å². The smallest absolute Gasteiger partial charge is 0.195 e. The fourth-order valence-corrected chi connectivity index (χ4v) is 3.64. The Labute approximate surface area is 198 Å². The molecule has 34 heavy (non-hydrogen) atoms. The summed E-state index contributed by atoms with van der Waals surface area (Å²) in [6.07, 6.45) is 4.80. The molecule has 0 aromatic heterocycles. The summed E-state index contributed by atoms with van der Waals surface area (Å²) in [7, 11) is 0. The number of hydrogen-bond acceptors (Lipinski definition) is 0. The maximum atomic E-state index is 13.9. The van der Waals surface area contributed by atoms with Crippen LogP contribution in [0.5, 0.6) is 0 Å². The highest BCUT2D eigenvalue weighted by atomic mass is 19.2. The Bertz CT molecular complexity index is 1420. The van der Waals surface area contributed by atoms with Gasteiger partial charge in [-0.25, -0.2) is 13.2 Å². The highest BCUT2D eigenvalue weighted by Gasteiger charge is 2.13. The summed E-state index contributed by atoms with van der Waals surface area (Å²) in [6.45, 7) is 2.21. The molecule has 4 aromatic rings. The minimum absolute atomic E-state index is 0.0264. The molecule has 4 aromatic carbocycles. The molecule has 0 bridgehead atoms. The lowest BCUT2D eigenvalue weighted by Gasteiger charge is -2.02. The molecule has 3 heteroatoms. The normalized spacial score (nSPS) is 10.4. The third kappa shape index (κ3) is 5.69. The van der Waals surface area contributed by atoms with Crippen molar-refractivity contribution in [3.05, 3.63) is 118 Å². The van der Waals surface area contributed by atoms with Gasteiger partial charge in [-0.15, -0.1) is 0 Å². The lowest BCUT2D eigenvalue weighted by atomic mass is 10.0. The molecule has 0 atom stereocenters. The van der Waals surface area contributed by atoms with Crippen molar-refractivity contribution in [2.75, 3.05) is 0 Å². The zero-order chi connectivity index (χ0) is 23.9. The van der Waals surface area contributed by atoms with Gasteiger partial charge in [0.25, 0.3) is 0 Å². The fourth-order valence-electron chi connectivity index (χ4n) is 3.64. The molecule has 0 nitrogen and oxygen atoms in total. The van der Waals surface area contributed by atoms with E-state index < -0.39 is 17.5 Å². The first-order valence-corrected chi connectivity index (χ1v) is 11.3. The van der Waals surface area contributed by atoms with Crippen LogP contribution >= 0.6 is 0 Å². The van der Waals surface area contributed by atoms with Crippen LogP contribution in [-0.2, 0) is 6.42 Å². The van der Waals surface area contributed by atoms with Gasteiger partial charge in [0.1, 0.15) is 0 Å². The van der Waals surface area contributed by atoms with E-state index in [4.69, 9.17) is 0 Å². The second-order valence-electron chi connectivity index (χ2n) is 8.15. The molecule has 0 heterocycles. The zero-order valence-electron chi connectivity index (χ0n) is 18.9. The Morgan fingerprint density at radius 1 is 0.588 bits per heavy atom. The molecule has 0 saturated heterocycles. The lowest BCUT2D eigenvalue weighted by Crippen LogP contribution is -1.92. The number of halogens is 3. The molecule has 0 amide bonds. The predicted molar refractivity (Wildman–Crippen MR) is 132 cm³/mol. The van der Waals surface area contributed by atoms with E-state index in [2.05, 4.69) is 54.9 Å². The SMILES string of the molecule is CCCCCc1ccc(C#Cc2ccc(C#Cc3ccc4c(F)c(F)c(F)cc4c3)cc2)cc1. The minimum Gasteiger partial charge on any atom is -0.204 e. The summed E-state index contributed by atoms with van der Waals surface area (Å²) in [5.74, 6) is 8.51. The van der Waals surface area contributed by atoms with Crippen molar-refractivity contribution in [3.8, 4) is 23.7 Å². The van der Waals surface area contributed by atoms with Crippen molar-refractivity contribution in [2.45, 2.75) is 32.6 Å². The van der Waals surface area contributed by atoms with E-state index in [1.165, 1.54) is 30.9 Å². The Morgan fingerprint density at radius 2 is 1.12 bits per heavy atom. The van der Waals surface area contributed by atoms with Crippen molar-refractivity contribution >= 4 is 10.8 Å². The van der Waals surface area contributed by atoms with E-state index in [1.54, 1.807) is 12.1 Å². The zero-order valence-corrected chi connectivity index (χ0v) is 18.9. The van der Waals surface area contributed by atoms with Gasteiger partial charge in [-0.3, -0.25) is 0 Å². The number of hydrogen-bond donors (Lipinski definition) is 0. The molecule has 0 aliphatic carbocycles. The van der Waals surface area contributed by atoms with Crippen LogP contribution in [0.3, 0.4) is 0 Å². The van der Waals surface area contributed by atoms with Crippen LogP contribution in [-0.4, -0.2) is 0 Å². The molecule has 0 radical (unpaired) electrons. The summed E-state index contributed by atoms with van der Waals surface area (Å²) in [5.41, 5.74) is 4.58. The quantitative estimate of drug-likeness (QED) is 0.168. The third-order valence-electron chi connectivity index (χ3n) is 5.58. The first-order valence-electron chi connectivity index (χ1n) is 11.3. The number of unbranched alkanes of at least 4 members (excludes halogenated alkanes) is 2. The van der Waals surface area contributed by atoms with Gasteiger partial charge in [-0.1, -0.05) is 61.6 Å². The van der Waals surface area contributed by atoms with Gasteiger partial charge in [0.05, 0.1) is 0 Å². The van der Waals surface area contributed by atoms with Gasteiger partial charge in [0, 0.05) is 27.6 Å². The summed E-state index contributed by atoms with van der Waals surface area (Å²) >= 11 is 0. The van der Waals surface area contributed by atoms with E-state index in [0.29, 0.717) is 5.56 Å². The molecule has 0 fully saturated rings. The Kier molecular flexibility index (Phi) is 7.36. The molecule has 0 saturated carbocycles. The van der Waals surface area contributed by atoms with Crippen LogP contribution in [0, 0.1) is 41.1 Å². The average Bonchev–Trinajstić information content (AvgIpc) is 2.86. The molecule has 0 aliphatic rings. The third-order valence-corrected chi connectivity index (χ3v) is 5.58. The van der Waals surface area contributed by atoms with Crippen molar-refractivity contribution in [1.29, 1.82) is 0 Å². The second kappa shape index (κ2) is 10.8. The largest absolute Gasteiger partial charge is 0.204 e. The van der Waals surface area contributed by atoms with Crippen LogP contribution in [0.1, 0.15) is 54.0 Å². The number of rotatable bonds is 4. The summed E-state index contributed by atoms with van der Waals surface area (Å²) in [6, 6.07) is 21.5. The topological polar surface area (TPSA) is 0 Å². The van der Waals surface area contributed by atoms with Crippen LogP contribution < -0.4 is 0 Å². The van der Waals surface area contributed by atoms with E-state index in [0.717, 1.165) is 29.2 Å². The van der Waals surface area contributed by atoms with E-state index in [1.807, 2.05) is 24.3 Å². The van der Waals surface area contributed by atoms with Crippen molar-refractivity contribution in [1.82, 2.24) is 0 Å². The first-order chi connectivity index (χ1) is 16.5. The second-order valence-corrected chi connectivity index (χ2v) is 8.15. The van der Waals surface area contributed by atoms with E-state index in [9.17, 15) is 13.2 Å². The molecule has 168 valence electrons. The molecular weight excluding hydrogens is 429 g/mol.